The van der Waals surface area contributed by atoms with Crippen LogP contribution in [0.2, 0.25) is 0 Å². The lowest BCUT2D eigenvalue weighted by atomic mass is 9.97. The summed E-state index contributed by atoms with van der Waals surface area (Å²) in [6.07, 6.45) is 3.15. The first-order chi connectivity index (χ1) is 15.6. The van der Waals surface area contributed by atoms with Crippen LogP contribution in [-0.4, -0.2) is 52.7 Å². The number of ether oxygens (including phenoxy) is 1. The second-order valence-corrected chi connectivity index (χ2v) is 7.64. The topological polar surface area (TPSA) is 109 Å². The minimum atomic E-state index is -0.229. The number of fused-ring (bicyclic) bond motifs is 1. The molecule has 0 radical (unpaired) electrons. The Morgan fingerprint density at radius 1 is 1.31 bits per heavy atom. The SMILES string of the molecule is COCCCNC(=O)c1nnn(-c2cccc3c2CCN(c2ccc(C#N)cn2)C3)c1C. The number of anilines is 1. The number of nitrogens with zero attached hydrogens (tertiary/aromatic N) is 6. The molecule has 0 spiro atoms. The van der Waals surface area contributed by atoms with Gasteiger partial charge in [0.2, 0.25) is 0 Å². The van der Waals surface area contributed by atoms with Gasteiger partial charge < -0.3 is 15.0 Å². The molecule has 3 aromatic rings. The van der Waals surface area contributed by atoms with Crippen LogP contribution < -0.4 is 10.2 Å². The van der Waals surface area contributed by atoms with E-state index >= 15 is 0 Å². The fourth-order valence-electron chi connectivity index (χ4n) is 3.89. The summed E-state index contributed by atoms with van der Waals surface area (Å²) in [6.45, 7) is 4.49. The first-order valence-electron chi connectivity index (χ1n) is 10.5. The van der Waals surface area contributed by atoms with E-state index in [4.69, 9.17) is 10.00 Å². The number of methoxy groups -OCH3 is 1. The highest BCUT2D eigenvalue weighted by molar-refractivity contribution is 5.93. The summed E-state index contributed by atoms with van der Waals surface area (Å²) < 4.78 is 6.76. The monoisotopic (exact) mass is 431 g/mol. The first kappa shape index (κ1) is 21.5. The lowest BCUT2D eigenvalue weighted by Gasteiger charge is -2.31. The van der Waals surface area contributed by atoms with Crippen molar-refractivity contribution in [3.8, 4) is 11.8 Å². The number of benzene rings is 1. The fraction of sp³-hybridized carbons (Fsp3) is 0.348. The van der Waals surface area contributed by atoms with Crippen LogP contribution in [0.1, 0.15) is 39.3 Å². The van der Waals surface area contributed by atoms with Crippen molar-refractivity contribution in [3.63, 3.8) is 0 Å². The highest BCUT2D eigenvalue weighted by Crippen LogP contribution is 2.28. The van der Waals surface area contributed by atoms with Gasteiger partial charge in [-0.25, -0.2) is 9.67 Å². The van der Waals surface area contributed by atoms with Gasteiger partial charge >= 0.3 is 0 Å². The molecule has 1 N–H and O–H groups in total. The van der Waals surface area contributed by atoms with Crippen LogP contribution in [0.5, 0.6) is 0 Å². The van der Waals surface area contributed by atoms with E-state index in [9.17, 15) is 4.79 Å². The number of carbonyl (C=O) groups excluding carboxylic acids is 1. The third-order valence-electron chi connectivity index (χ3n) is 5.59. The minimum Gasteiger partial charge on any atom is -0.385 e. The van der Waals surface area contributed by atoms with E-state index in [0.717, 1.165) is 30.9 Å². The summed E-state index contributed by atoms with van der Waals surface area (Å²) in [5.41, 5.74) is 4.91. The average Bonchev–Trinajstić information content (AvgIpc) is 3.22. The minimum absolute atomic E-state index is 0.229. The molecule has 0 unspecified atom stereocenters. The Morgan fingerprint density at radius 2 is 2.19 bits per heavy atom. The number of pyridine rings is 1. The summed E-state index contributed by atoms with van der Waals surface area (Å²) >= 11 is 0. The maximum Gasteiger partial charge on any atom is 0.273 e. The number of amides is 1. The van der Waals surface area contributed by atoms with Crippen LogP contribution in [0.25, 0.3) is 5.69 Å². The van der Waals surface area contributed by atoms with Gasteiger partial charge in [-0.15, -0.1) is 5.10 Å². The van der Waals surface area contributed by atoms with Crippen molar-refractivity contribution >= 4 is 11.7 Å². The van der Waals surface area contributed by atoms with Crippen molar-refractivity contribution in [1.29, 1.82) is 5.26 Å². The summed E-state index contributed by atoms with van der Waals surface area (Å²) in [5, 5.41) is 20.3. The van der Waals surface area contributed by atoms with Gasteiger partial charge in [-0.3, -0.25) is 4.79 Å². The molecule has 1 amide bonds. The molecule has 1 aliphatic heterocycles. The quantitative estimate of drug-likeness (QED) is 0.571. The predicted molar refractivity (Wildman–Crippen MR) is 119 cm³/mol. The Labute approximate surface area is 186 Å². The lowest BCUT2D eigenvalue weighted by Crippen LogP contribution is -2.31. The fourth-order valence-corrected chi connectivity index (χ4v) is 3.89. The van der Waals surface area contributed by atoms with Crippen LogP contribution in [0.3, 0.4) is 0 Å². The average molecular weight is 432 g/mol. The van der Waals surface area contributed by atoms with E-state index in [-0.39, 0.29) is 5.91 Å². The molecular formula is C23H25N7O2. The third-order valence-corrected chi connectivity index (χ3v) is 5.59. The zero-order chi connectivity index (χ0) is 22.5. The summed E-state index contributed by atoms with van der Waals surface area (Å²) in [7, 11) is 1.64. The van der Waals surface area contributed by atoms with Crippen LogP contribution in [0.15, 0.2) is 36.5 Å². The van der Waals surface area contributed by atoms with Crippen molar-refractivity contribution in [2.24, 2.45) is 0 Å². The molecule has 0 saturated carbocycles. The van der Waals surface area contributed by atoms with E-state index in [1.807, 2.05) is 25.1 Å². The van der Waals surface area contributed by atoms with Gasteiger partial charge in [0.05, 0.1) is 16.9 Å². The smallest absolute Gasteiger partial charge is 0.273 e. The molecule has 1 aliphatic rings. The number of rotatable bonds is 7. The number of aromatic nitrogens is 4. The van der Waals surface area contributed by atoms with Crippen LogP contribution in [0.4, 0.5) is 5.82 Å². The van der Waals surface area contributed by atoms with Gasteiger partial charge in [-0.1, -0.05) is 17.3 Å². The molecule has 3 heterocycles. The second-order valence-electron chi connectivity index (χ2n) is 7.64. The standard InChI is InChI=1S/C23H25N7O2/c1-16-22(23(31)25-10-4-12-32-2)27-28-30(16)20-6-3-5-18-15-29(11-9-19(18)20)21-8-7-17(13-24)14-26-21/h3,5-8,14H,4,9-12,15H2,1-2H3,(H,25,31). The first-order valence-corrected chi connectivity index (χ1v) is 10.5. The Kier molecular flexibility index (Phi) is 6.42. The highest BCUT2D eigenvalue weighted by atomic mass is 16.5. The third kappa shape index (κ3) is 4.31. The molecule has 4 rings (SSSR count). The maximum absolute atomic E-state index is 12.5. The van der Waals surface area contributed by atoms with Gasteiger partial charge in [-0.2, -0.15) is 5.26 Å². The number of nitrogens with one attached hydrogen (secondary N) is 1. The zero-order valence-corrected chi connectivity index (χ0v) is 18.2. The van der Waals surface area contributed by atoms with E-state index in [1.165, 1.54) is 11.1 Å². The van der Waals surface area contributed by atoms with E-state index in [1.54, 1.807) is 24.1 Å². The van der Waals surface area contributed by atoms with Crippen molar-refractivity contribution in [2.75, 3.05) is 31.7 Å². The molecule has 9 nitrogen and oxygen atoms in total. The summed E-state index contributed by atoms with van der Waals surface area (Å²) in [6, 6.07) is 11.9. The van der Waals surface area contributed by atoms with Gasteiger partial charge in [-0.05, 0) is 49.1 Å². The molecule has 0 fully saturated rings. The largest absolute Gasteiger partial charge is 0.385 e. The molecule has 2 aromatic heterocycles. The van der Waals surface area contributed by atoms with Crippen LogP contribution in [0, 0.1) is 18.3 Å². The zero-order valence-electron chi connectivity index (χ0n) is 18.2. The second kappa shape index (κ2) is 9.58. The Balaban J connectivity index is 1.54. The molecule has 32 heavy (non-hydrogen) atoms. The van der Waals surface area contributed by atoms with Crippen molar-refractivity contribution in [3.05, 3.63) is 64.6 Å². The molecule has 9 heteroatoms. The van der Waals surface area contributed by atoms with E-state index in [0.29, 0.717) is 36.6 Å². The molecule has 0 saturated heterocycles. The normalized spacial score (nSPS) is 12.8. The van der Waals surface area contributed by atoms with Crippen molar-refractivity contribution in [1.82, 2.24) is 25.3 Å². The molecule has 0 bridgehead atoms. The van der Waals surface area contributed by atoms with Gasteiger partial charge in [0.15, 0.2) is 5.69 Å². The predicted octanol–water partition coefficient (Wildman–Crippen LogP) is 2.17. The van der Waals surface area contributed by atoms with Crippen molar-refractivity contribution in [2.45, 2.75) is 26.3 Å². The van der Waals surface area contributed by atoms with Crippen molar-refractivity contribution < 1.29 is 9.53 Å². The Hall–Kier alpha value is -3.77. The molecular weight excluding hydrogens is 406 g/mol. The van der Waals surface area contributed by atoms with Crippen LogP contribution >= 0.6 is 0 Å². The van der Waals surface area contributed by atoms with E-state index < -0.39 is 0 Å². The number of carbonyl (C=O) groups is 1. The number of hydrogen-bond donors (Lipinski definition) is 1. The molecule has 0 aliphatic carbocycles. The highest BCUT2D eigenvalue weighted by Gasteiger charge is 2.23. The lowest BCUT2D eigenvalue weighted by molar-refractivity contribution is 0.0943. The van der Waals surface area contributed by atoms with Gasteiger partial charge in [0, 0.05) is 39.5 Å². The molecule has 1 aromatic carbocycles. The van der Waals surface area contributed by atoms with Gasteiger partial charge in [0.25, 0.3) is 5.91 Å². The number of nitriles is 1. The Morgan fingerprint density at radius 3 is 2.94 bits per heavy atom. The molecule has 164 valence electrons. The van der Waals surface area contributed by atoms with Crippen LogP contribution in [-0.2, 0) is 17.7 Å². The maximum atomic E-state index is 12.5. The van der Waals surface area contributed by atoms with E-state index in [2.05, 4.69) is 37.6 Å². The van der Waals surface area contributed by atoms with Gasteiger partial charge in [0.1, 0.15) is 11.9 Å². The molecule has 0 atom stereocenters. The Bertz CT molecular complexity index is 1150. The summed E-state index contributed by atoms with van der Waals surface area (Å²) in [4.78, 5) is 19.1. The summed E-state index contributed by atoms with van der Waals surface area (Å²) in [5.74, 6) is 0.622. The number of hydrogen-bond acceptors (Lipinski definition) is 7.